The van der Waals surface area contributed by atoms with Crippen LogP contribution in [0.2, 0.25) is 0 Å². The standard InChI is InChI=1S/C8H15NO4/c10-4-1-5-13-8(11)9-2-6-12-7-3-9/h10H,1-7H2. The Hall–Kier alpha value is -0.810. The molecule has 0 saturated carbocycles. The van der Waals surface area contributed by atoms with Crippen LogP contribution < -0.4 is 0 Å². The fraction of sp³-hybridized carbons (Fsp3) is 0.875. The smallest absolute Gasteiger partial charge is 0.409 e. The molecule has 0 aromatic heterocycles. The minimum atomic E-state index is -0.309. The van der Waals surface area contributed by atoms with E-state index in [2.05, 4.69) is 0 Å². The number of nitrogens with zero attached hydrogens (tertiary/aromatic N) is 1. The largest absolute Gasteiger partial charge is 0.449 e. The summed E-state index contributed by atoms with van der Waals surface area (Å²) in [5.41, 5.74) is 0. The van der Waals surface area contributed by atoms with Gasteiger partial charge in [-0.3, -0.25) is 0 Å². The Bertz CT molecular complexity index is 156. The third kappa shape index (κ3) is 3.61. The topological polar surface area (TPSA) is 59.0 Å². The first-order valence-electron chi connectivity index (χ1n) is 4.45. The van der Waals surface area contributed by atoms with E-state index >= 15 is 0 Å². The summed E-state index contributed by atoms with van der Waals surface area (Å²) in [4.78, 5) is 12.9. The first kappa shape index (κ1) is 10.3. The number of carbonyl (C=O) groups is 1. The monoisotopic (exact) mass is 189 g/mol. The van der Waals surface area contributed by atoms with Gasteiger partial charge >= 0.3 is 6.09 Å². The normalized spacial score (nSPS) is 17.2. The summed E-state index contributed by atoms with van der Waals surface area (Å²) >= 11 is 0. The molecule has 13 heavy (non-hydrogen) atoms. The van der Waals surface area contributed by atoms with Crippen LogP contribution in [0.25, 0.3) is 0 Å². The van der Waals surface area contributed by atoms with Gasteiger partial charge in [0.15, 0.2) is 0 Å². The molecule has 0 atom stereocenters. The molecule has 0 aromatic rings. The molecule has 0 aliphatic carbocycles. The van der Waals surface area contributed by atoms with E-state index in [9.17, 15) is 4.79 Å². The molecule has 0 bridgehead atoms. The number of ether oxygens (including phenoxy) is 2. The maximum absolute atomic E-state index is 11.2. The molecule has 76 valence electrons. The molecule has 5 nitrogen and oxygen atoms in total. The number of carbonyl (C=O) groups excluding carboxylic acids is 1. The van der Waals surface area contributed by atoms with Gasteiger partial charge in [-0.15, -0.1) is 0 Å². The SMILES string of the molecule is O=C(OCCCO)N1CCOCC1. The van der Waals surface area contributed by atoms with Crippen LogP contribution in [0.3, 0.4) is 0 Å². The number of hydrogen-bond donors (Lipinski definition) is 1. The molecule has 1 saturated heterocycles. The first-order chi connectivity index (χ1) is 6.34. The number of hydrogen-bond acceptors (Lipinski definition) is 4. The summed E-state index contributed by atoms with van der Waals surface area (Å²) in [6, 6.07) is 0. The third-order valence-electron chi connectivity index (χ3n) is 1.80. The van der Waals surface area contributed by atoms with Crippen LogP contribution >= 0.6 is 0 Å². The van der Waals surface area contributed by atoms with Gasteiger partial charge < -0.3 is 19.5 Å². The van der Waals surface area contributed by atoms with Crippen molar-refractivity contribution >= 4 is 6.09 Å². The molecule has 1 amide bonds. The minimum Gasteiger partial charge on any atom is -0.449 e. The van der Waals surface area contributed by atoms with Crippen molar-refractivity contribution in [1.29, 1.82) is 0 Å². The highest BCUT2D eigenvalue weighted by atomic mass is 16.6. The van der Waals surface area contributed by atoms with Gasteiger partial charge in [-0.05, 0) is 0 Å². The van der Waals surface area contributed by atoms with E-state index in [1.807, 2.05) is 0 Å². The Labute approximate surface area is 77.2 Å². The second-order valence-electron chi connectivity index (χ2n) is 2.79. The van der Waals surface area contributed by atoms with Crippen LogP contribution in [0, 0.1) is 0 Å². The molecule has 0 spiro atoms. The van der Waals surface area contributed by atoms with E-state index in [1.54, 1.807) is 4.90 Å². The number of rotatable bonds is 3. The van der Waals surface area contributed by atoms with Gasteiger partial charge in [0.2, 0.25) is 0 Å². The molecule has 1 N–H and O–H groups in total. The Morgan fingerprint density at radius 3 is 2.77 bits per heavy atom. The second kappa shape index (κ2) is 5.77. The van der Waals surface area contributed by atoms with Crippen molar-refractivity contribution in [3.8, 4) is 0 Å². The molecule has 1 heterocycles. The fourth-order valence-electron chi connectivity index (χ4n) is 1.06. The summed E-state index contributed by atoms with van der Waals surface area (Å²) in [5.74, 6) is 0. The molecule has 1 fully saturated rings. The lowest BCUT2D eigenvalue weighted by atomic mass is 10.4. The Morgan fingerprint density at radius 2 is 2.15 bits per heavy atom. The van der Waals surface area contributed by atoms with Crippen molar-refractivity contribution < 1.29 is 19.4 Å². The van der Waals surface area contributed by atoms with Crippen molar-refractivity contribution in [2.24, 2.45) is 0 Å². The lowest BCUT2D eigenvalue weighted by Crippen LogP contribution is -2.41. The van der Waals surface area contributed by atoms with E-state index in [1.165, 1.54) is 0 Å². The molecule has 1 aliphatic heterocycles. The highest BCUT2D eigenvalue weighted by Crippen LogP contribution is 1.99. The van der Waals surface area contributed by atoms with Gasteiger partial charge in [-0.25, -0.2) is 4.79 Å². The van der Waals surface area contributed by atoms with E-state index in [4.69, 9.17) is 14.6 Å². The van der Waals surface area contributed by atoms with Gasteiger partial charge in [-0.1, -0.05) is 0 Å². The predicted molar refractivity (Wildman–Crippen MR) is 45.4 cm³/mol. The molecule has 0 aromatic carbocycles. The lowest BCUT2D eigenvalue weighted by molar-refractivity contribution is 0.0258. The Balaban J connectivity index is 2.13. The summed E-state index contributed by atoms with van der Waals surface area (Å²) < 4.78 is 9.98. The Morgan fingerprint density at radius 1 is 1.46 bits per heavy atom. The quantitative estimate of drug-likeness (QED) is 0.627. The maximum atomic E-state index is 11.2. The van der Waals surface area contributed by atoms with Crippen molar-refractivity contribution in [3.63, 3.8) is 0 Å². The number of aliphatic hydroxyl groups excluding tert-OH is 1. The summed E-state index contributed by atoms with van der Waals surface area (Å²) in [5, 5.41) is 8.46. The molecule has 0 unspecified atom stereocenters. The van der Waals surface area contributed by atoms with Gasteiger partial charge in [0.25, 0.3) is 0 Å². The lowest BCUT2D eigenvalue weighted by Gasteiger charge is -2.25. The van der Waals surface area contributed by atoms with Crippen molar-refractivity contribution in [3.05, 3.63) is 0 Å². The Kier molecular flexibility index (Phi) is 4.56. The van der Waals surface area contributed by atoms with Crippen LogP contribution in [0.4, 0.5) is 4.79 Å². The zero-order valence-electron chi connectivity index (χ0n) is 7.57. The van der Waals surface area contributed by atoms with E-state index in [0.29, 0.717) is 32.7 Å². The molecule has 1 rings (SSSR count). The highest BCUT2D eigenvalue weighted by molar-refractivity contribution is 5.67. The van der Waals surface area contributed by atoms with Crippen LogP contribution in [0.5, 0.6) is 0 Å². The third-order valence-corrected chi connectivity index (χ3v) is 1.80. The summed E-state index contributed by atoms with van der Waals surface area (Å²) in [6.45, 7) is 2.68. The van der Waals surface area contributed by atoms with Crippen molar-refractivity contribution in [2.75, 3.05) is 39.5 Å². The molecule has 0 radical (unpaired) electrons. The zero-order chi connectivity index (χ0) is 9.52. The first-order valence-corrected chi connectivity index (χ1v) is 4.45. The van der Waals surface area contributed by atoms with Gasteiger partial charge in [0.05, 0.1) is 19.8 Å². The van der Waals surface area contributed by atoms with Gasteiger partial charge in [-0.2, -0.15) is 0 Å². The van der Waals surface area contributed by atoms with E-state index in [-0.39, 0.29) is 19.3 Å². The van der Waals surface area contributed by atoms with Gasteiger partial charge in [0.1, 0.15) is 0 Å². The number of morpholine rings is 1. The predicted octanol–water partition coefficient (Wildman–Crippen LogP) is -0.162. The van der Waals surface area contributed by atoms with E-state index in [0.717, 1.165) is 0 Å². The zero-order valence-corrected chi connectivity index (χ0v) is 7.57. The molecular formula is C8H15NO4. The van der Waals surface area contributed by atoms with Crippen LogP contribution in [-0.4, -0.2) is 55.6 Å². The average Bonchev–Trinajstić information content (AvgIpc) is 2.19. The molecule has 1 aliphatic rings. The van der Waals surface area contributed by atoms with Crippen LogP contribution in [0.15, 0.2) is 0 Å². The minimum absolute atomic E-state index is 0.0520. The number of aliphatic hydroxyl groups is 1. The maximum Gasteiger partial charge on any atom is 0.409 e. The van der Waals surface area contributed by atoms with Crippen molar-refractivity contribution in [1.82, 2.24) is 4.90 Å². The molecular weight excluding hydrogens is 174 g/mol. The highest BCUT2D eigenvalue weighted by Gasteiger charge is 2.17. The summed E-state index contributed by atoms with van der Waals surface area (Å²) in [6.07, 6.45) is 0.188. The van der Waals surface area contributed by atoms with Crippen LogP contribution in [-0.2, 0) is 9.47 Å². The molecule has 5 heteroatoms. The summed E-state index contributed by atoms with van der Waals surface area (Å²) in [7, 11) is 0. The van der Waals surface area contributed by atoms with Crippen molar-refractivity contribution in [2.45, 2.75) is 6.42 Å². The van der Waals surface area contributed by atoms with Crippen LogP contribution in [0.1, 0.15) is 6.42 Å². The fourth-order valence-corrected chi connectivity index (χ4v) is 1.06. The number of amides is 1. The second-order valence-corrected chi connectivity index (χ2v) is 2.79. The van der Waals surface area contributed by atoms with E-state index < -0.39 is 0 Å². The van der Waals surface area contributed by atoms with Gasteiger partial charge in [0, 0.05) is 26.1 Å². The average molecular weight is 189 g/mol.